The molecule has 1 amide bonds. The Morgan fingerprint density at radius 3 is 2.38 bits per heavy atom. The Kier molecular flexibility index (Phi) is 5.79. The van der Waals surface area contributed by atoms with Crippen molar-refractivity contribution in [3.8, 4) is 5.75 Å². The molecule has 9 heteroatoms. The lowest BCUT2D eigenvalue weighted by molar-refractivity contribution is -0.131. The third kappa shape index (κ3) is 4.03. The van der Waals surface area contributed by atoms with Gasteiger partial charge in [0, 0.05) is 40.3 Å². The Labute approximate surface area is 141 Å². The first-order valence-corrected chi connectivity index (χ1v) is 8.93. The first-order valence-electron chi connectivity index (χ1n) is 7.53. The second-order valence-electron chi connectivity index (χ2n) is 5.72. The highest BCUT2D eigenvalue weighted by Gasteiger charge is 2.30. The van der Waals surface area contributed by atoms with Crippen LogP contribution in [-0.4, -0.2) is 75.2 Å². The number of benzene rings is 1. The normalized spacial score (nSPS) is 16.5. The van der Waals surface area contributed by atoms with Crippen LogP contribution in [-0.2, 0) is 21.4 Å². The number of piperazine rings is 1. The molecule has 1 heterocycles. The van der Waals surface area contributed by atoms with Gasteiger partial charge in [-0.2, -0.15) is 17.0 Å². The number of carbonyl (C=O) groups is 1. The predicted molar refractivity (Wildman–Crippen MR) is 87.4 cm³/mol. The molecule has 0 radical (unpaired) electrons. The zero-order chi connectivity index (χ0) is 17.9. The summed E-state index contributed by atoms with van der Waals surface area (Å²) in [5.41, 5.74) is 0.557. The van der Waals surface area contributed by atoms with Crippen molar-refractivity contribution in [2.45, 2.75) is 6.42 Å². The van der Waals surface area contributed by atoms with Crippen LogP contribution in [0.3, 0.4) is 0 Å². The van der Waals surface area contributed by atoms with E-state index in [0.717, 1.165) is 4.31 Å². The van der Waals surface area contributed by atoms with Crippen molar-refractivity contribution < 1.29 is 22.3 Å². The molecule has 1 aromatic rings. The van der Waals surface area contributed by atoms with Gasteiger partial charge in [0.1, 0.15) is 0 Å². The molecule has 0 spiro atoms. The SMILES string of the molecule is COc1ccc(CC(=O)N2CCN(S(=O)(=O)N(C)C)CC2)cc1F. The van der Waals surface area contributed by atoms with Gasteiger partial charge in [-0.3, -0.25) is 4.79 Å². The number of methoxy groups -OCH3 is 1. The highest BCUT2D eigenvalue weighted by molar-refractivity contribution is 7.86. The molecule has 1 aliphatic rings. The number of hydrogen-bond acceptors (Lipinski definition) is 4. The van der Waals surface area contributed by atoms with Gasteiger partial charge < -0.3 is 9.64 Å². The molecule has 1 fully saturated rings. The molecular formula is C15H22FN3O4S. The van der Waals surface area contributed by atoms with Gasteiger partial charge in [-0.05, 0) is 17.7 Å². The topological polar surface area (TPSA) is 70.2 Å². The largest absolute Gasteiger partial charge is 0.494 e. The fraction of sp³-hybridized carbons (Fsp3) is 0.533. The van der Waals surface area contributed by atoms with Gasteiger partial charge >= 0.3 is 0 Å². The minimum absolute atomic E-state index is 0.0708. The summed E-state index contributed by atoms with van der Waals surface area (Å²) in [6, 6.07) is 4.41. The van der Waals surface area contributed by atoms with Crippen LogP contribution in [0.4, 0.5) is 4.39 Å². The van der Waals surface area contributed by atoms with Gasteiger partial charge in [0.25, 0.3) is 10.2 Å². The Morgan fingerprint density at radius 2 is 1.88 bits per heavy atom. The van der Waals surface area contributed by atoms with Gasteiger partial charge in [0.05, 0.1) is 13.5 Å². The highest BCUT2D eigenvalue weighted by atomic mass is 32.2. The molecule has 0 bridgehead atoms. The van der Waals surface area contributed by atoms with E-state index in [4.69, 9.17) is 4.74 Å². The van der Waals surface area contributed by atoms with E-state index < -0.39 is 16.0 Å². The van der Waals surface area contributed by atoms with Crippen LogP contribution in [0.15, 0.2) is 18.2 Å². The summed E-state index contributed by atoms with van der Waals surface area (Å²) in [4.78, 5) is 13.9. The molecule has 0 aromatic heterocycles. The van der Waals surface area contributed by atoms with Crippen molar-refractivity contribution in [2.24, 2.45) is 0 Å². The van der Waals surface area contributed by atoms with Gasteiger partial charge in [-0.15, -0.1) is 0 Å². The van der Waals surface area contributed by atoms with E-state index in [2.05, 4.69) is 0 Å². The zero-order valence-corrected chi connectivity index (χ0v) is 14.8. The molecule has 24 heavy (non-hydrogen) atoms. The van der Waals surface area contributed by atoms with Crippen LogP contribution in [0.2, 0.25) is 0 Å². The summed E-state index contributed by atoms with van der Waals surface area (Å²) in [6.45, 7) is 1.15. The minimum atomic E-state index is -3.46. The average molecular weight is 359 g/mol. The lowest BCUT2D eigenvalue weighted by Gasteiger charge is -2.35. The molecule has 1 saturated heterocycles. The Bertz CT molecular complexity index is 701. The molecule has 0 unspecified atom stereocenters. The summed E-state index contributed by atoms with van der Waals surface area (Å²) in [5.74, 6) is -0.528. The molecule has 1 aromatic carbocycles. The Balaban J connectivity index is 1.95. The van der Waals surface area contributed by atoms with Gasteiger partial charge in [-0.1, -0.05) is 6.07 Å². The number of halogens is 1. The fourth-order valence-electron chi connectivity index (χ4n) is 2.51. The van der Waals surface area contributed by atoms with E-state index in [1.807, 2.05) is 0 Å². The Morgan fingerprint density at radius 1 is 1.25 bits per heavy atom. The molecular weight excluding hydrogens is 337 g/mol. The van der Waals surface area contributed by atoms with Crippen molar-refractivity contribution in [1.29, 1.82) is 0 Å². The standard InChI is InChI=1S/C15H22FN3O4S/c1-17(2)24(21,22)19-8-6-18(7-9-19)15(20)11-12-4-5-14(23-3)13(16)10-12/h4-5,10H,6-9,11H2,1-3H3. The maximum atomic E-state index is 13.7. The molecule has 0 atom stereocenters. The summed E-state index contributed by atoms with van der Waals surface area (Å²) >= 11 is 0. The summed E-state index contributed by atoms with van der Waals surface area (Å²) in [5, 5.41) is 0. The third-order valence-corrected chi connectivity index (χ3v) is 5.89. The van der Waals surface area contributed by atoms with Gasteiger partial charge in [0.15, 0.2) is 11.6 Å². The maximum absolute atomic E-state index is 13.7. The number of carbonyl (C=O) groups excluding carboxylic acids is 1. The molecule has 0 N–H and O–H groups in total. The van der Waals surface area contributed by atoms with E-state index in [0.29, 0.717) is 18.7 Å². The van der Waals surface area contributed by atoms with E-state index >= 15 is 0 Å². The lowest BCUT2D eigenvalue weighted by atomic mass is 10.1. The smallest absolute Gasteiger partial charge is 0.281 e. The zero-order valence-electron chi connectivity index (χ0n) is 14.0. The second-order valence-corrected chi connectivity index (χ2v) is 7.86. The first kappa shape index (κ1) is 18.6. The quantitative estimate of drug-likeness (QED) is 0.760. The first-order chi connectivity index (χ1) is 11.3. The van der Waals surface area contributed by atoms with E-state index in [1.165, 1.54) is 37.6 Å². The van der Waals surface area contributed by atoms with E-state index in [1.54, 1.807) is 11.0 Å². The number of amides is 1. The van der Waals surface area contributed by atoms with Crippen molar-refractivity contribution in [3.05, 3.63) is 29.6 Å². The molecule has 0 aliphatic carbocycles. The van der Waals surface area contributed by atoms with Gasteiger partial charge in [0.2, 0.25) is 5.91 Å². The summed E-state index contributed by atoms with van der Waals surface area (Å²) in [6.07, 6.45) is 0.0708. The van der Waals surface area contributed by atoms with E-state index in [-0.39, 0.29) is 31.2 Å². The third-order valence-electron chi connectivity index (χ3n) is 3.95. The number of nitrogens with zero attached hydrogens (tertiary/aromatic N) is 3. The van der Waals surface area contributed by atoms with Crippen LogP contribution < -0.4 is 4.74 Å². The van der Waals surface area contributed by atoms with Crippen LogP contribution in [0.25, 0.3) is 0 Å². The molecule has 0 saturated carbocycles. The van der Waals surface area contributed by atoms with Crippen LogP contribution in [0.1, 0.15) is 5.56 Å². The molecule has 2 rings (SSSR count). The molecule has 134 valence electrons. The fourth-order valence-corrected chi connectivity index (χ4v) is 3.59. The number of rotatable bonds is 5. The monoisotopic (exact) mass is 359 g/mol. The van der Waals surface area contributed by atoms with Crippen LogP contribution >= 0.6 is 0 Å². The summed E-state index contributed by atoms with van der Waals surface area (Å²) in [7, 11) is 0.878. The van der Waals surface area contributed by atoms with Gasteiger partial charge in [-0.25, -0.2) is 4.39 Å². The highest BCUT2D eigenvalue weighted by Crippen LogP contribution is 2.19. The number of ether oxygens (including phenoxy) is 1. The minimum Gasteiger partial charge on any atom is -0.494 e. The van der Waals surface area contributed by atoms with Crippen molar-refractivity contribution >= 4 is 16.1 Å². The van der Waals surface area contributed by atoms with E-state index in [9.17, 15) is 17.6 Å². The van der Waals surface area contributed by atoms with Crippen molar-refractivity contribution in [3.63, 3.8) is 0 Å². The second kappa shape index (κ2) is 7.45. The average Bonchev–Trinajstić information content (AvgIpc) is 2.55. The lowest BCUT2D eigenvalue weighted by Crippen LogP contribution is -2.53. The molecule has 1 aliphatic heterocycles. The van der Waals surface area contributed by atoms with Crippen molar-refractivity contribution in [2.75, 3.05) is 47.4 Å². The number of hydrogen-bond donors (Lipinski definition) is 0. The van der Waals surface area contributed by atoms with Crippen LogP contribution in [0, 0.1) is 5.82 Å². The predicted octanol–water partition coefficient (Wildman–Crippen LogP) is 0.327. The maximum Gasteiger partial charge on any atom is 0.281 e. The summed E-state index contributed by atoms with van der Waals surface area (Å²) < 4.78 is 45.1. The van der Waals surface area contributed by atoms with Crippen molar-refractivity contribution in [1.82, 2.24) is 13.5 Å². The molecule has 7 nitrogen and oxygen atoms in total. The van der Waals surface area contributed by atoms with Crippen LogP contribution in [0.5, 0.6) is 5.75 Å². The Hall–Kier alpha value is -1.71.